The molecular weight excluding hydrogens is 333 g/mol. The molecule has 0 spiro atoms. The molecule has 0 aliphatic heterocycles. The third kappa shape index (κ3) is 3.54. The highest BCUT2D eigenvalue weighted by atomic mass is 79.9. The molecule has 6 heteroatoms. The molecule has 0 aliphatic carbocycles. The largest absolute Gasteiger partial charge is 0.467 e. The normalized spacial score (nSPS) is 11.9. The van der Waals surface area contributed by atoms with E-state index in [0.29, 0.717) is 5.69 Å². The van der Waals surface area contributed by atoms with E-state index in [0.717, 1.165) is 8.66 Å². The van der Waals surface area contributed by atoms with Gasteiger partial charge in [-0.2, -0.15) is 0 Å². The molecule has 1 heterocycles. The molecule has 2 aromatic rings. The van der Waals surface area contributed by atoms with E-state index >= 15 is 0 Å². The van der Waals surface area contributed by atoms with Crippen LogP contribution in [0, 0.1) is 5.82 Å². The van der Waals surface area contributed by atoms with Crippen molar-refractivity contribution in [2.24, 2.45) is 0 Å². The molecule has 2 rings (SSSR count). The highest BCUT2D eigenvalue weighted by Crippen LogP contribution is 2.30. The highest BCUT2D eigenvalue weighted by Gasteiger charge is 2.23. The summed E-state index contributed by atoms with van der Waals surface area (Å²) >= 11 is 4.77. The second kappa shape index (κ2) is 6.16. The lowest BCUT2D eigenvalue weighted by molar-refractivity contribution is -0.141. The van der Waals surface area contributed by atoms with Crippen LogP contribution in [0.25, 0.3) is 0 Å². The van der Waals surface area contributed by atoms with Crippen molar-refractivity contribution < 1.29 is 13.9 Å². The molecule has 0 saturated heterocycles. The van der Waals surface area contributed by atoms with Gasteiger partial charge in [-0.1, -0.05) is 6.07 Å². The van der Waals surface area contributed by atoms with Gasteiger partial charge in [-0.15, -0.1) is 11.3 Å². The van der Waals surface area contributed by atoms with Crippen molar-refractivity contribution in [1.29, 1.82) is 0 Å². The summed E-state index contributed by atoms with van der Waals surface area (Å²) in [6.45, 7) is 0. The van der Waals surface area contributed by atoms with Crippen molar-refractivity contribution in [1.82, 2.24) is 0 Å². The Morgan fingerprint density at radius 3 is 2.79 bits per heavy atom. The van der Waals surface area contributed by atoms with Gasteiger partial charge in [-0.05, 0) is 46.3 Å². The van der Waals surface area contributed by atoms with Crippen molar-refractivity contribution in [2.45, 2.75) is 6.04 Å². The van der Waals surface area contributed by atoms with Gasteiger partial charge >= 0.3 is 5.97 Å². The van der Waals surface area contributed by atoms with Crippen molar-refractivity contribution >= 4 is 38.9 Å². The minimum Gasteiger partial charge on any atom is -0.467 e. The standard InChI is InChI=1S/C13H11BrFNO2S/c1-18-13(17)12(10-5-6-11(14)19-10)16-9-4-2-3-8(15)7-9/h2-7,12,16H,1H3. The molecule has 0 aliphatic rings. The number of thiophene rings is 1. The quantitative estimate of drug-likeness (QED) is 0.853. The fraction of sp³-hybridized carbons (Fsp3) is 0.154. The zero-order valence-corrected chi connectivity index (χ0v) is 12.4. The molecule has 0 fully saturated rings. The number of methoxy groups -OCH3 is 1. The maximum absolute atomic E-state index is 13.1. The van der Waals surface area contributed by atoms with Gasteiger partial charge in [0, 0.05) is 10.6 Å². The lowest BCUT2D eigenvalue weighted by Crippen LogP contribution is -2.21. The Labute approximate surface area is 122 Å². The van der Waals surface area contributed by atoms with Crippen LogP contribution in [0.2, 0.25) is 0 Å². The van der Waals surface area contributed by atoms with Gasteiger partial charge in [0.1, 0.15) is 5.82 Å². The molecule has 1 N–H and O–H groups in total. The van der Waals surface area contributed by atoms with Gasteiger partial charge < -0.3 is 10.1 Å². The van der Waals surface area contributed by atoms with E-state index in [9.17, 15) is 9.18 Å². The monoisotopic (exact) mass is 343 g/mol. The van der Waals surface area contributed by atoms with Crippen LogP contribution >= 0.6 is 27.3 Å². The molecule has 100 valence electrons. The SMILES string of the molecule is COC(=O)C(Nc1cccc(F)c1)c1ccc(Br)s1. The molecule has 1 aromatic carbocycles. The van der Waals surface area contributed by atoms with Crippen LogP contribution in [0.1, 0.15) is 10.9 Å². The van der Waals surface area contributed by atoms with E-state index in [1.165, 1.54) is 30.6 Å². The number of rotatable bonds is 4. The molecule has 0 radical (unpaired) electrons. The zero-order valence-electron chi connectivity index (χ0n) is 10.0. The van der Waals surface area contributed by atoms with Crippen LogP contribution in [0.5, 0.6) is 0 Å². The summed E-state index contributed by atoms with van der Waals surface area (Å²) in [6.07, 6.45) is 0. The number of benzene rings is 1. The first-order valence-corrected chi connectivity index (χ1v) is 7.06. The summed E-state index contributed by atoms with van der Waals surface area (Å²) in [5.41, 5.74) is 0.528. The number of hydrogen-bond donors (Lipinski definition) is 1. The minimum atomic E-state index is -0.650. The van der Waals surface area contributed by atoms with Gasteiger partial charge in [0.15, 0.2) is 6.04 Å². The summed E-state index contributed by atoms with van der Waals surface area (Å²) in [6, 6.07) is 8.98. The number of nitrogens with one attached hydrogen (secondary N) is 1. The molecular formula is C13H11BrFNO2S. The number of carbonyl (C=O) groups excluding carboxylic acids is 1. The average Bonchev–Trinajstić information content (AvgIpc) is 2.81. The van der Waals surface area contributed by atoms with Crippen LogP contribution < -0.4 is 5.32 Å². The summed E-state index contributed by atoms with van der Waals surface area (Å²) in [7, 11) is 1.32. The molecule has 19 heavy (non-hydrogen) atoms. The van der Waals surface area contributed by atoms with Crippen LogP contribution in [0.15, 0.2) is 40.2 Å². The van der Waals surface area contributed by atoms with E-state index in [-0.39, 0.29) is 5.82 Å². The number of halogens is 2. The van der Waals surface area contributed by atoms with Crippen molar-refractivity contribution in [3.63, 3.8) is 0 Å². The third-order valence-electron chi connectivity index (χ3n) is 2.45. The zero-order chi connectivity index (χ0) is 13.8. The maximum Gasteiger partial charge on any atom is 0.333 e. The van der Waals surface area contributed by atoms with E-state index in [1.54, 1.807) is 12.1 Å². The Morgan fingerprint density at radius 1 is 1.42 bits per heavy atom. The van der Waals surface area contributed by atoms with Crippen molar-refractivity contribution in [2.75, 3.05) is 12.4 Å². The molecule has 1 unspecified atom stereocenters. The number of anilines is 1. The number of ether oxygens (including phenoxy) is 1. The van der Waals surface area contributed by atoms with Crippen LogP contribution in [-0.2, 0) is 9.53 Å². The third-order valence-corrected chi connectivity index (χ3v) is 4.14. The van der Waals surface area contributed by atoms with Gasteiger partial charge in [-0.25, -0.2) is 9.18 Å². The molecule has 0 saturated carbocycles. The fourth-order valence-electron chi connectivity index (χ4n) is 1.59. The summed E-state index contributed by atoms with van der Waals surface area (Å²) < 4.78 is 18.8. The highest BCUT2D eigenvalue weighted by molar-refractivity contribution is 9.11. The van der Waals surface area contributed by atoms with Crippen molar-refractivity contribution in [3.8, 4) is 0 Å². The van der Waals surface area contributed by atoms with Gasteiger partial charge in [0.05, 0.1) is 10.9 Å². The second-order valence-electron chi connectivity index (χ2n) is 3.75. The lowest BCUT2D eigenvalue weighted by atomic mass is 10.2. The summed E-state index contributed by atoms with van der Waals surface area (Å²) in [5.74, 6) is -0.778. The van der Waals surface area contributed by atoms with Crippen LogP contribution in [-0.4, -0.2) is 13.1 Å². The minimum absolute atomic E-state index is 0.360. The number of esters is 1. The summed E-state index contributed by atoms with van der Waals surface area (Å²) in [4.78, 5) is 12.6. The predicted molar refractivity (Wildman–Crippen MR) is 76.8 cm³/mol. The topological polar surface area (TPSA) is 38.3 Å². The first-order valence-electron chi connectivity index (χ1n) is 5.45. The van der Waals surface area contributed by atoms with Gasteiger partial charge in [0.25, 0.3) is 0 Å². The molecule has 0 bridgehead atoms. The molecule has 1 atom stereocenters. The smallest absolute Gasteiger partial charge is 0.333 e. The first-order chi connectivity index (χ1) is 9.10. The lowest BCUT2D eigenvalue weighted by Gasteiger charge is -2.16. The van der Waals surface area contributed by atoms with Gasteiger partial charge in [-0.3, -0.25) is 0 Å². The Morgan fingerprint density at radius 2 is 2.21 bits per heavy atom. The van der Waals surface area contributed by atoms with Crippen molar-refractivity contribution in [3.05, 3.63) is 50.9 Å². The Kier molecular flexibility index (Phi) is 4.55. The predicted octanol–water partition coefficient (Wildman–Crippen LogP) is 3.98. The Bertz CT molecular complexity index is 588. The first kappa shape index (κ1) is 14.0. The van der Waals surface area contributed by atoms with E-state index in [1.807, 2.05) is 12.1 Å². The summed E-state index contributed by atoms with van der Waals surface area (Å²) in [5, 5.41) is 2.98. The average molecular weight is 344 g/mol. The van der Waals surface area contributed by atoms with Crippen LogP contribution in [0.4, 0.5) is 10.1 Å². The van der Waals surface area contributed by atoms with E-state index in [2.05, 4.69) is 21.2 Å². The molecule has 3 nitrogen and oxygen atoms in total. The second-order valence-corrected chi connectivity index (χ2v) is 6.25. The number of carbonyl (C=O) groups is 1. The number of hydrogen-bond acceptors (Lipinski definition) is 4. The van der Waals surface area contributed by atoms with Crippen LogP contribution in [0.3, 0.4) is 0 Å². The Hall–Kier alpha value is -1.40. The van der Waals surface area contributed by atoms with Gasteiger partial charge in [0.2, 0.25) is 0 Å². The van der Waals surface area contributed by atoms with E-state index in [4.69, 9.17) is 4.74 Å². The maximum atomic E-state index is 13.1. The fourth-order valence-corrected chi connectivity index (χ4v) is 3.06. The Balaban J connectivity index is 2.26. The molecule has 0 amide bonds. The molecule has 1 aromatic heterocycles. The van der Waals surface area contributed by atoms with E-state index < -0.39 is 12.0 Å².